The molecular weight excluding hydrogens is 416 g/mol. The van der Waals surface area contributed by atoms with Crippen LogP contribution in [-0.4, -0.2) is 36.6 Å². The fourth-order valence-corrected chi connectivity index (χ4v) is 4.20. The maximum Gasteiger partial charge on any atom is 0.236 e. The van der Waals surface area contributed by atoms with Crippen molar-refractivity contribution in [1.29, 1.82) is 0 Å². The quantitative estimate of drug-likeness (QED) is 0.406. The van der Waals surface area contributed by atoms with E-state index in [1.165, 1.54) is 28.7 Å². The van der Waals surface area contributed by atoms with Crippen LogP contribution in [0.3, 0.4) is 0 Å². The molecule has 0 unspecified atom stereocenters. The largest absolute Gasteiger partial charge is 0.300 e. The highest BCUT2D eigenvalue weighted by Gasteiger charge is 2.17. The number of benzene rings is 1. The molecule has 0 saturated carbocycles. The van der Waals surface area contributed by atoms with Gasteiger partial charge < -0.3 is 0 Å². The summed E-state index contributed by atoms with van der Waals surface area (Å²) in [6.07, 6.45) is 2.60. The maximum atomic E-state index is 12.3. The number of rotatable bonds is 8. The Morgan fingerprint density at radius 1 is 1.20 bits per heavy atom. The van der Waals surface area contributed by atoms with Crippen LogP contribution in [0.1, 0.15) is 38.3 Å². The number of carbonyl (C=O) groups is 1. The normalized spacial score (nSPS) is 11.5. The van der Waals surface area contributed by atoms with Crippen molar-refractivity contribution >= 4 is 34.1 Å². The third-order valence-corrected chi connectivity index (χ3v) is 6.34. The lowest BCUT2D eigenvalue weighted by Crippen LogP contribution is -2.14. The molecule has 1 N–H and O–H groups in total. The molecular formula is C21H26N6OS2. The van der Waals surface area contributed by atoms with E-state index in [1.807, 2.05) is 11.5 Å². The Labute approximate surface area is 185 Å². The molecule has 0 aliphatic rings. The zero-order valence-electron chi connectivity index (χ0n) is 17.7. The summed E-state index contributed by atoms with van der Waals surface area (Å²) < 4.78 is 1.97. The van der Waals surface area contributed by atoms with E-state index in [2.05, 4.69) is 77.3 Å². The molecule has 0 atom stereocenters. The molecule has 0 spiro atoms. The zero-order chi connectivity index (χ0) is 21.7. The lowest BCUT2D eigenvalue weighted by atomic mass is 9.87. The smallest absolute Gasteiger partial charge is 0.236 e. The Bertz CT molecular complexity index is 1020. The fraction of sp³-hybridized carbons (Fsp3) is 0.381. The van der Waals surface area contributed by atoms with E-state index in [1.54, 1.807) is 6.08 Å². The molecule has 0 bridgehead atoms. The van der Waals surface area contributed by atoms with E-state index in [-0.39, 0.29) is 17.1 Å². The summed E-state index contributed by atoms with van der Waals surface area (Å²) in [6.45, 7) is 13.0. The Kier molecular flexibility index (Phi) is 7.04. The minimum absolute atomic E-state index is 0.0898. The molecule has 0 aliphatic carbocycles. The second-order valence-electron chi connectivity index (χ2n) is 7.72. The highest BCUT2D eigenvalue weighted by atomic mass is 32.2. The molecule has 9 heteroatoms. The Morgan fingerprint density at radius 2 is 1.93 bits per heavy atom. The second-order valence-corrected chi connectivity index (χ2v) is 9.73. The molecule has 3 aromatic rings. The number of anilines is 1. The van der Waals surface area contributed by atoms with Crippen molar-refractivity contribution < 1.29 is 4.79 Å². The maximum absolute atomic E-state index is 12.3. The lowest BCUT2D eigenvalue weighted by Gasteiger charge is -2.19. The summed E-state index contributed by atoms with van der Waals surface area (Å²) in [5.74, 6) is 0.817. The minimum atomic E-state index is -0.150. The van der Waals surface area contributed by atoms with Gasteiger partial charge in [0.1, 0.15) is 5.01 Å². The van der Waals surface area contributed by atoms with Crippen LogP contribution in [-0.2, 0) is 23.2 Å². The van der Waals surface area contributed by atoms with Crippen molar-refractivity contribution in [1.82, 2.24) is 25.0 Å². The van der Waals surface area contributed by atoms with Gasteiger partial charge in [-0.15, -0.1) is 27.0 Å². The molecule has 1 amide bonds. The standard InChI is InChI=1S/C21H26N6OS2/c1-6-12-27-18(14-8-10-15(11-9-14)21(3,4)5)24-26-20(27)29-13-16(28)22-19-25-23-17(7-2)30-19/h6,8-11H,1,7,12-13H2,2-5H3,(H,22,25,28). The van der Waals surface area contributed by atoms with Gasteiger partial charge in [-0.1, -0.05) is 81.1 Å². The molecule has 2 aromatic heterocycles. The van der Waals surface area contributed by atoms with E-state index in [0.29, 0.717) is 16.8 Å². The van der Waals surface area contributed by atoms with E-state index in [9.17, 15) is 4.79 Å². The van der Waals surface area contributed by atoms with E-state index < -0.39 is 0 Å². The van der Waals surface area contributed by atoms with Crippen LogP contribution in [0, 0.1) is 0 Å². The molecule has 0 radical (unpaired) electrons. The van der Waals surface area contributed by atoms with Crippen molar-refractivity contribution in [3.8, 4) is 11.4 Å². The minimum Gasteiger partial charge on any atom is -0.300 e. The molecule has 0 fully saturated rings. The van der Waals surface area contributed by atoms with Gasteiger partial charge in [0.15, 0.2) is 11.0 Å². The summed E-state index contributed by atoms with van der Waals surface area (Å²) in [6, 6.07) is 8.36. The molecule has 158 valence electrons. The number of amides is 1. The van der Waals surface area contributed by atoms with Crippen molar-refractivity contribution in [3.05, 3.63) is 47.5 Å². The lowest BCUT2D eigenvalue weighted by molar-refractivity contribution is -0.113. The molecule has 2 heterocycles. The number of nitrogens with one attached hydrogen (secondary N) is 1. The topological polar surface area (TPSA) is 85.6 Å². The van der Waals surface area contributed by atoms with E-state index in [4.69, 9.17) is 0 Å². The number of aromatic nitrogens is 5. The van der Waals surface area contributed by atoms with Crippen LogP contribution >= 0.6 is 23.1 Å². The molecule has 7 nitrogen and oxygen atoms in total. The van der Waals surface area contributed by atoms with Crippen LogP contribution in [0.15, 0.2) is 42.1 Å². The van der Waals surface area contributed by atoms with Crippen molar-refractivity contribution in [3.63, 3.8) is 0 Å². The highest BCUT2D eigenvalue weighted by Crippen LogP contribution is 2.28. The SMILES string of the molecule is C=CCn1c(SCC(=O)Nc2nnc(CC)s2)nnc1-c1ccc(C(C)(C)C)cc1. The van der Waals surface area contributed by atoms with Gasteiger partial charge in [-0.25, -0.2) is 0 Å². The van der Waals surface area contributed by atoms with Crippen LogP contribution in [0.2, 0.25) is 0 Å². The number of nitrogens with zero attached hydrogens (tertiary/aromatic N) is 5. The second kappa shape index (κ2) is 9.53. The van der Waals surface area contributed by atoms with Gasteiger partial charge in [-0.3, -0.25) is 14.7 Å². The van der Waals surface area contributed by atoms with E-state index >= 15 is 0 Å². The Balaban J connectivity index is 1.72. The van der Waals surface area contributed by atoms with Gasteiger partial charge >= 0.3 is 0 Å². The fourth-order valence-electron chi connectivity index (χ4n) is 2.75. The number of allylic oxidation sites excluding steroid dienone is 1. The predicted octanol–water partition coefficient (Wildman–Crippen LogP) is 4.57. The summed E-state index contributed by atoms with van der Waals surface area (Å²) >= 11 is 2.72. The number of aryl methyl sites for hydroxylation is 1. The van der Waals surface area contributed by atoms with Gasteiger partial charge in [0.25, 0.3) is 0 Å². The first-order valence-corrected chi connectivity index (χ1v) is 11.5. The number of hydrogen-bond donors (Lipinski definition) is 1. The van der Waals surface area contributed by atoms with Crippen molar-refractivity contribution in [2.24, 2.45) is 0 Å². The average Bonchev–Trinajstić information content (AvgIpc) is 3.33. The van der Waals surface area contributed by atoms with Crippen LogP contribution in [0.4, 0.5) is 5.13 Å². The van der Waals surface area contributed by atoms with E-state index in [0.717, 1.165) is 22.8 Å². The first-order valence-electron chi connectivity index (χ1n) is 9.72. The Morgan fingerprint density at radius 3 is 2.53 bits per heavy atom. The van der Waals surface area contributed by atoms with Crippen LogP contribution in [0.25, 0.3) is 11.4 Å². The summed E-state index contributed by atoms with van der Waals surface area (Å²) in [4.78, 5) is 12.3. The Hall–Kier alpha value is -2.52. The summed E-state index contributed by atoms with van der Waals surface area (Å²) in [5, 5.41) is 21.5. The van der Waals surface area contributed by atoms with Crippen LogP contribution < -0.4 is 5.32 Å². The molecule has 0 saturated heterocycles. The number of carbonyl (C=O) groups excluding carboxylic acids is 1. The van der Waals surface area contributed by atoms with Gasteiger partial charge in [0, 0.05) is 12.1 Å². The highest BCUT2D eigenvalue weighted by molar-refractivity contribution is 7.99. The monoisotopic (exact) mass is 442 g/mol. The number of hydrogen-bond acceptors (Lipinski definition) is 7. The number of thioether (sulfide) groups is 1. The van der Waals surface area contributed by atoms with Crippen molar-refractivity contribution in [2.75, 3.05) is 11.1 Å². The molecule has 30 heavy (non-hydrogen) atoms. The van der Waals surface area contributed by atoms with Crippen molar-refractivity contribution in [2.45, 2.75) is 51.2 Å². The summed E-state index contributed by atoms with van der Waals surface area (Å²) in [7, 11) is 0. The van der Waals surface area contributed by atoms with Gasteiger partial charge in [0.2, 0.25) is 11.0 Å². The van der Waals surface area contributed by atoms with Gasteiger partial charge in [-0.05, 0) is 17.4 Å². The molecule has 1 aromatic carbocycles. The van der Waals surface area contributed by atoms with Gasteiger partial charge in [0.05, 0.1) is 5.75 Å². The third-order valence-electron chi connectivity index (χ3n) is 4.39. The first-order chi connectivity index (χ1) is 14.3. The first kappa shape index (κ1) is 22.2. The molecule has 0 aliphatic heterocycles. The van der Waals surface area contributed by atoms with Crippen LogP contribution in [0.5, 0.6) is 0 Å². The molecule has 3 rings (SSSR count). The third kappa shape index (κ3) is 5.34. The van der Waals surface area contributed by atoms with Gasteiger partial charge in [-0.2, -0.15) is 0 Å². The summed E-state index contributed by atoms with van der Waals surface area (Å²) in [5.41, 5.74) is 2.33. The predicted molar refractivity (Wildman–Crippen MR) is 123 cm³/mol. The zero-order valence-corrected chi connectivity index (χ0v) is 19.3. The average molecular weight is 443 g/mol.